The molecule has 32 nitrogen and oxygen atoms in total. The van der Waals surface area contributed by atoms with Crippen molar-refractivity contribution >= 4 is 64.9 Å². The molecule has 1 saturated heterocycles. The number of halogens is 1. The molecule has 0 radical (unpaired) electrons. The Morgan fingerprint density at radius 3 is 1.96 bits per heavy atom. The fourth-order valence-corrected chi connectivity index (χ4v) is 12.5. The van der Waals surface area contributed by atoms with Gasteiger partial charge in [0.05, 0.1) is 24.1 Å². The van der Waals surface area contributed by atoms with Crippen LogP contribution in [0.3, 0.4) is 0 Å². The molecule has 0 aliphatic carbocycles. The molecule has 1 fully saturated rings. The van der Waals surface area contributed by atoms with E-state index >= 15 is 24.0 Å². The zero-order valence-corrected chi connectivity index (χ0v) is 57.9. The summed E-state index contributed by atoms with van der Waals surface area (Å²) in [5.41, 5.74) is -1.95. The first-order chi connectivity index (χ1) is 48.9. The third-order valence-corrected chi connectivity index (χ3v) is 17.9. The van der Waals surface area contributed by atoms with Crippen molar-refractivity contribution in [3.05, 3.63) is 117 Å². The average molecular weight is 1450 g/mol. The Bertz CT molecular complexity index is 4050. The summed E-state index contributed by atoms with van der Waals surface area (Å²) in [6.45, 7) is 9.50. The maximum atomic E-state index is 16.2. The number of aliphatic hydroxyl groups is 6. The lowest BCUT2D eigenvalue weighted by Crippen LogP contribution is -2.60. The van der Waals surface area contributed by atoms with Crippen molar-refractivity contribution in [2.75, 3.05) is 20.2 Å². The molecule has 5 aromatic rings. The van der Waals surface area contributed by atoms with Crippen LogP contribution in [0, 0.1) is 12.8 Å². The lowest BCUT2D eigenvalue weighted by molar-refractivity contribution is -0.277. The number of aliphatic hydroxyl groups excluding tert-OH is 6. The third-order valence-electron chi connectivity index (χ3n) is 17.6. The van der Waals surface area contributed by atoms with Crippen molar-refractivity contribution in [2.24, 2.45) is 5.92 Å². The van der Waals surface area contributed by atoms with Crippen LogP contribution in [0.15, 0.2) is 78.9 Å². The first kappa shape index (κ1) is 77.3. The van der Waals surface area contributed by atoms with Gasteiger partial charge in [-0.1, -0.05) is 69.8 Å². The highest BCUT2D eigenvalue weighted by atomic mass is 35.5. The van der Waals surface area contributed by atoms with Gasteiger partial charge in [-0.25, -0.2) is 4.79 Å². The Labute approximate surface area is 595 Å². The maximum absolute atomic E-state index is 16.2. The summed E-state index contributed by atoms with van der Waals surface area (Å²) in [6.07, 6.45) is -11.8. The second kappa shape index (κ2) is 33.5. The number of aromatic hydroxyl groups is 3. The van der Waals surface area contributed by atoms with Gasteiger partial charge in [0.25, 0.3) is 0 Å². The fourth-order valence-electron chi connectivity index (χ4n) is 12.3. The second-order valence-corrected chi connectivity index (χ2v) is 26.6. The molecule has 6 aliphatic rings. The van der Waals surface area contributed by atoms with Crippen molar-refractivity contribution in [3.8, 4) is 57.1 Å². The summed E-state index contributed by atoms with van der Waals surface area (Å²) in [5, 5.41) is 128. The van der Waals surface area contributed by atoms with Gasteiger partial charge in [-0.3, -0.25) is 43.7 Å². The molecule has 10 amide bonds. The molecule has 11 rings (SSSR count). The highest BCUT2D eigenvalue weighted by Gasteiger charge is 2.47. The van der Waals surface area contributed by atoms with Gasteiger partial charge >= 0.3 is 6.03 Å². The number of hydrogen-bond donors (Lipinski definition) is 19. The molecule has 33 heteroatoms. The molecule has 6 aliphatic heterocycles. The Hall–Kier alpha value is -9.90. The lowest BCUT2D eigenvalue weighted by Gasteiger charge is -2.39. The average Bonchev–Trinajstić information content (AvgIpc) is 0.768. The number of rotatable bonds is 17. The number of imide groups is 1. The minimum atomic E-state index is -2.33. The van der Waals surface area contributed by atoms with E-state index in [9.17, 15) is 65.1 Å². The van der Waals surface area contributed by atoms with E-state index in [1.54, 1.807) is 13.8 Å². The van der Waals surface area contributed by atoms with E-state index in [4.69, 9.17) is 30.5 Å². The second-order valence-electron chi connectivity index (χ2n) is 26.2. The number of carbonyl (C=O) groups excluding carboxylic acids is 9. The topological polar surface area (TPSA) is 493 Å². The van der Waals surface area contributed by atoms with Crippen LogP contribution in [0.1, 0.15) is 137 Å². The molecule has 103 heavy (non-hydrogen) atoms. The minimum absolute atomic E-state index is 0.0396. The molecule has 6 heterocycles. The molecule has 0 unspecified atom stereocenters. The van der Waals surface area contributed by atoms with E-state index in [0.717, 1.165) is 73.9 Å². The first-order valence-corrected chi connectivity index (χ1v) is 33.8. The summed E-state index contributed by atoms with van der Waals surface area (Å²) in [7, 11) is 1.49. The van der Waals surface area contributed by atoms with Gasteiger partial charge < -0.3 is 113 Å². The van der Waals surface area contributed by atoms with Crippen LogP contribution >= 0.6 is 11.6 Å². The molecule has 0 aromatic heterocycles. The number of unbranched alkanes of at least 4 members (excludes halogenated alkanes) is 3. The summed E-state index contributed by atoms with van der Waals surface area (Å²) in [4.78, 5) is 134. The molecule has 14 atom stereocenters. The Kier molecular flexibility index (Phi) is 25.1. The van der Waals surface area contributed by atoms with E-state index in [2.05, 4.69) is 53.2 Å². The zero-order chi connectivity index (χ0) is 75.0. The largest absolute Gasteiger partial charge is 0.508 e. The molecule has 554 valence electrons. The smallest absolute Gasteiger partial charge is 0.321 e. The van der Waals surface area contributed by atoms with E-state index in [-0.39, 0.29) is 63.8 Å². The third kappa shape index (κ3) is 17.9. The molecular formula is C70H85ClN10O22. The standard InChI is InChI=1S/C70H85ClN10O22/c1-8-9-10-11-18-73-70(99)76-49(86)27-41-63(93)77-52-35-23-46(100-44-16-13-33(20-31(44)6)56(87)54(67(97)75-41)80-62(92)40(72-7)19-29(2)3)61(103-69-60(91)59(90)58(89)48(28-82)102-69)47(24-35)101-45-17-14-34(22-39(45)71)57(88)55-68(98)79-53(66(96)74-30(4)5)38-25-36(83)26-43(85)50(38)37-21-32(12-15-42(37)84)51(64(94)81-55)78-65(52)95/h12-17,20-26,29-30,40-41,48,51-60,69,72,82-85,87-91H,8-11,18-19,27-28H2,1-7H3,(H,74,96)(H,75,97)(H,77,93)(H,78,95)(H,79,98)(H,80,92)(H,81,94)(H2,73,76,86,99)/t40-,41+,48-,51-,52-,53+,54-,55+,56-,57-,58-,59+,60-,69+/m1/s1. The number of benzene rings is 5. The van der Waals surface area contributed by atoms with Crippen LogP contribution in [0.4, 0.5) is 4.79 Å². The SMILES string of the molecule is CCCCCCNC(=O)NC(=O)C[C@@H]1NC(=O)[C@H](NC(=O)[C@@H](CC(C)C)NC)[C@H](O)c2ccc(c(C)c2)Oc2cc3cc(c2O[C@@H]2O[C@H](CO)[C@@H](O)[C@H](O)[C@H]2O)Oc2ccc(cc2Cl)[C@@H](O)[C@@H]2NC(=O)[C@H](NC(=O)[C@@H]3NC1=O)c1ccc(O)c(c1)-c1c(O)cc(O)cc1[C@@H](C(=O)NC(C)C)NC2=O. The maximum Gasteiger partial charge on any atom is 0.321 e. The first-order valence-electron chi connectivity index (χ1n) is 33.4. The number of amides is 10. The number of phenols is 3. The van der Waals surface area contributed by atoms with Crippen LogP contribution in [-0.4, -0.2) is 180 Å². The summed E-state index contributed by atoms with van der Waals surface area (Å²) < 4.78 is 25.4. The van der Waals surface area contributed by atoms with Crippen LogP contribution in [-0.2, 0) is 43.1 Å². The number of urea groups is 1. The van der Waals surface area contributed by atoms with Gasteiger partial charge in [0, 0.05) is 29.8 Å². The van der Waals surface area contributed by atoms with Crippen molar-refractivity contribution in [1.82, 2.24) is 53.2 Å². The Morgan fingerprint density at radius 1 is 0.660 bits per heavy atom. The van der Waals surface area contributed by atoms with Crippen molar-refractivity contribution in [2.45, 2.75) is 171 Å². The highest BCUT2D eigenvalue weighted by Crippen LogP contribution is 2.49. The van der Waals surface area contributed by atoms with E-state index in [1.807, 2.05) is 20.8 Å². The predicted octanol–water partition coefficient (Wildman–Crippen LogP) is 1.88. The van der Waals surface area contributed by atoms with E-state index < -0.39 is 208 Å². The number of nitrogens with one attached hydrogen (secondary N) is 10. The van der Waals surface area contributed by atoms with Crippen LogP contribution in [0.2, 0.25) is 5.02 Å². The Morgan fingerprint density at radius 2 is 1.31 bits per heavy atom. The molecule has 0 saturated carbocycles. The van der Waals surface area contributed by atoms with Crippen molar-refractivity contribution in [3.63, 3.8) is 0 Å². The lowest BCUT2D eigenvalue weighted by atomic mass is 9.89. The van der Waals surface area contributed by atoms with Gasteiger partial charge in [-0.2, -0.15) is 0 Å². The van der Waals surface area contributed by atoms with E-state index in [0.29, 0.717) is 6.42 Å². The van der Waals surface area contributed by atoms with Crippen LogP contribution in [0.25, 0.3) is 11.1 Å². The molecule has 0 spiro atoms. The van der Waals surface area contributed by atoms with Crippen molar-refractivity contribution < 1.29 is 108 Å². The van der Waals surface area contributed by atoms with Gasteiger partial charge in [-0.15, -0.1) is 0 Å². The summed E-state index contributed by atoms with van der Waals surface area (Å²) in [5.74, 6) is -14.1. The van der Waals surface area contributed by atoms with E-state index in [1.165, 1.54) is 38.2 Å². The molecule has 11 bridgehead atoms. The molecular weight excluding hydrogens is 1370 g/mol. The number of fused-ring (bicyclic) bond motifs is 15. The Balaban J connectivity index is 1.31. The summed E-state index contributed by atoms with van der Waals surface area (Å²) in [6, 6.07) is -0.751. The number of hydrogen-bond acceptors (Lipinski definition) is 23. The monoisotopic (exact) mass is 1450 g/mol. The molecule has 19 N–H and O–H groups in total. The minimum Gasteiger partial charge on any atom is -0.508 e. The number of phenolic OH excluding ortho intramolecular Hbond substituents is 3. The predicted molar refractivity (Wildman–Crippen MR) is 365 cm³/mol. The van der Waals surface area contributed by atoms with Crippen LogP contribution in [0.5, 0.6) is 46.0 Å². The quantitative estimate of drug-likeness (QED) is 0.0591. The van der Waals surface area contributed by atoms with Gasteiger partial charge in [0.2, 0.25) is 59.3 Å². The fraction of sp³-hybridized carbons (Fsp3) is 0.443. The zero-order valence-electron chi connectivity index (χ0n) is 57.1. The molecule has 5 aromatic carbocycles. The highest BCUT2D eigenvalue weighted by molar-refractivity contribution is 6.32. The number of ether oxygens (including phenoxy) is 4. The summed E-state index contributed by atoms with van der Waals surface area (Å²) >= 11 is 7.06. The number of likely N-dealkylation sites (N-methyl/N-ethyl adjacent to an activating group) is 1. The number of carbonyl (C=O) groups is 9. The van der Waals surface area contributed by atoms with Gasteiger partial charge in [0.15, 0.2) is 11.5 Å². The van der Waals surface area contributed by atoms with Crippen LogP contribution < -0.4 is 67.4 Å². The normalized spacial score (nSPS) is 24.5. The van der Waals surface area contributed by atoms with Gasteiger partial charge in [-0.05, 0) is 135 Å². The number of aryl methyl sites for hydroxylation is 1. The van der Waals surface area contributed by atoms with Crippen molar-refractivity contribution in [1.29, 1.82) is 0 Å². The van der Waals surface area contributed by atoms with Gasteiger partial charge in [0.1, 0.15) is 102 Å².